The van der Waals surface area contributed by atoms with Gasteiger partial charge < -0.3 is 10.4 Å². The van der Waals surface area contributed by atoms with Crippen LogP contribution in [-0.4, -0.2) is 28.0 Å². The van der Waals surface area contributed by atoms with E-state index in [9.17, 15) is 9.59 Å². The number of hydrogen-bond acceptors (Lipinski definition) is 2. The van der Waals surface area contributed by atoms with Crippen LogP contribution in [0.5, 0.6) is 0 Å². The highest BCUT2D eigenvalue weighted by atomic mass is 127. The molecule has 0 unspecified atom stereocenters. The summed E-state index contributed by atoms with van der Waals surface area (Å²) in [4.78, 5) is 21.4. The first-order chi connectivity index (χ1) is 7.66. The average molecular weight is 341 g/mol. The monoisotopic (exact) mass is 341 g/mol. The van der Waals surface area contributed by atoms with Crippen LogP contribution in [0.2, 0.25) is 0 Å². The first kappa shape index (κ1) is 15.7. The number of carboxylic acids is 1. The Labute approximate surface area is 110 Å². The highest BCUT2D eigenvalue weighted by Crippen LogP contribution is 2.01. The smallest absolute Gasteiger partial charge is 0.303 e. The third-order valence-corrected chi connectivity index (χ3v) is 2.94. The van der Waals surface area contributed by atoms with E-state index in [0.717, 1.165) is 12.8 Å². The second kappa shape index (κ2) is 11.2. The molecule has 0 heterocycles. The Morgan fingerprint density at radius 1 is 1.00 bits per heavy atom. The number of hydrogen-bond donors (Lipinski definition) is 2. The first-order valence-electron chi connectivity index (χ1n) is 5.71. The normalized spacial score (nSPS) is 10.1. The fourth-order valence-electron chi connectivity index (χ4n) is 1.29. The van der Waals surface area contributed by atoms with Gasteiger partial charge in [-0.3, -0.25) is 9.59 Å². The SMILES string of the molecule is O=C(O)CCCC(=O)NCCCCCCI. The van der Waals surface area contributed by atoms with E-state index >= 15 is 0 Å². The highest BCUT2D eigenvalue weighted by Gasteiger charge is 2.02. The summed E-state index contributed by atoms with van der Waals surface area (Å²) >= 11 is 2.36. The molecular weight excluding hydrogens is 321 g/mol. The molecule has 0 aliphatic rings. The average Bonchev–Trinajstić information content (AvgIpc) is 2.22. The molecule has 4 nitrogen and oxygen atoms in total. The fourth-order valence-corrected chi connectivity index (χ4v) is 1.83. The molecule has 1 amide bonds. The van der Waals surface area contributed by atoms with Crippen molar-refractivity contribution in [3.8, 4) is 0 Å². The van der Waals surface area contributed by atoms with Gasteiger partial charge in [0.2, 0.25) is 5.91 Å². The van der Waals surface area contributed by atoms with Crippen LogP contribution in [0.25, 0.3) is 0 Å². The molecule has 16 heavy (non-hydrogen) atoms. The first-order valence-corrected chi connectivity index (χ1v) is 7.24. The van der Waals surface area contributed by atoms with E-state index in [4.69, 9.17) is 5.11 Å². The minimum absolute atomic E-state index is 0.0323. The maximum Gasteiger partial charge on any atom is 0.303 e. The molecule has 0 saturated carbocycles. The van der Waals surface area contributed by atoms with Crippen LogP contribution in [0, 0.1) is 0 Å². The summed E-state index contributed by atoms with van der Waals surface area (Å²) in [5.74, 6) is -0.873. The van der Waals surface area contributed by atoms with Crippen LogP contribution in [0.1, 0.15) is 44.9 Å². The van der Waals surface area contributed by atoms with Crippen molar-refractivity contribution in [1.82, 2.24) is 5.32 Å². The van der Waals surface area contributed by atoms with Crippen LogP contribution in [0.3, 0.4) is 0 Å². The number of unbranched alkanes of at least 4 members (excludes halogenated alkanes) is 3. The Kier molecular flexibility index (Phi) is 10.9. The van der Waals surface area contributed by atoms with Crippen LogP contribution >= 0.6 is 22.6 Å². The molecule has 0 aliphatic heterocycles. The molecule has 94 valence electrons. The molecule has 0 aromatic heterocycles. The summed E-state index contributed by atoms with van der Waals surface area (Å²) in [7, 11) is 0. The van der Waals surface area contributed by atoms with Gasteiger partial charge in [0.15, 0.2) is 0 Å². The Balaban J connectivity index is 3.20. The number of carbonyl (C=O) groups excluding carboxylic acids is 1. The van der Waals surface area contributed by atoms with Gasteiger partial charge in [-0.05, 0) is 23.7 Å². The third kappa shape index (κ3) is 11.7. The molecular formula is C11H20INO3. The zero-order valence-corrected chi connectivity index (χ0v) is 11.7. The predicted octanol–water partition coefficient (Wildman–Crippen LogP) is 2.35. The quantitative estimate of drug-likeness (QED) is 0.364. The molecule has 0 aromatic carbocycles. The Bertz CT molecular complexity index is 209. The van der Waals surface area contributed by atoms with Gasteiger partial charge in [-0.15, -0.1) is 0 Å². The largest absolute Gasteiger partial charge is 0.481 e. The van der Waals surface area contributed by atoms with E-state index in [1.165, 1.54) is 17.3 Å². The standard InChI is InChI=1S/C11H20INO3/c12-8-3-1-2-4-9-13-10(14)6-5-7-11(15)16/h1-9H2,(H,13,14)(H,15,16). The van der Waals surface area contributed by atoms with Gasteiger partial charge in [-0.25, -0.2) is 0 Å². The van der Waals surface area contributed by atoms with Gasteiger partial charge in [0.25, 0.3) is 0 Å². The fraction of sp³-hybridized carbons (Fsp3) is 0.818. The number of aliphatic carboxylic acids is 1. The summed E-state index contributed by atoms with van der Waals surface area (Å²) in [6.07, 6.45) is 5.45. The minimum Gasteiger partial charge on any atom is -0.481 e. The van der Waals surface area contributed by atoms with Crippen molar-refractivity contribution in [2.24, 2.45) is 0 Å². The summed E-state index contributed by atoms with van der Waals surface area (Å²) in [6, 6.07) is 0. The third-order valence-electron chi connectivity index (χ3n) is 2.18. The van der Waals surface area contributed by atoms with E-state index in [-0.39, 0.29) is 12.3 Å². The molecule has 0 saturated heterocycles. The lowest BCUT2D eigenvalue weighted by Crippen LogP contribution is -2.24. The molecule has 2 N–H and O–H groups in total. The van der Waals surface area contributed by atoms with E-state index in [0.29, 0.717) is 19.4 Å². The number of rotatable bonds is 10. The van der Waals surface area contributed by atoms with Crippen LogP contribution < -0.4 is 5.32 Å². The van der Waals surface area contributed by atoms with Crippen LogP contribution in [-0.2, 0) is 9.59 Å². The zero-order chi connectivity index (χ0) is 12.2. The molecule has 0 atom stereocenters. The lowest BCUT2D eigenvalue weighted by molar-refractivity contribution is -0.137. The summed E-state index contributed by atoms with van der Waals surface area (Å²) < 4.78 is 1.19. The maximum atomic E-state index is 11.2. The highest BCUT2D eigenvalue weighted by molar-refractivity contribution is 14.1. The lowest BCUT2D eigenvalue weighted by Gasteiger charge is -2.04. The van der Waals surface area contributed by atoms with E-state index in [2.05, 4.69) is 27.9 Å². The predicted molar refractivity (Wildman–Crippen MR) is 71.9 cm³/mol. The number of carboxylic acid groups (broad SMARTS) is 1. The minimum atomic E-state index is -0.841. The van der Waals surface area contributed by atoms with Crippen LogP contribution in [0.15, 0.2) is 0 Å². The van der Waals surface area contributed by atoms with Gasteiger partial charge in [-0.2, -0.15) is 0 Å². The van der Waals surface area contributed by atoms with Crippen molar-refractivity contribution < 1.29 is 14.7 Å². The van der Waals surface area contributed by atoms with Crippen molar-refractivity contribution >= 4 is 34.5 Å². The number of amides is 1. The molecule has 0 rings (SSSR count). The Morgan fingerprint density at radius 3 is 2.31 bits per heavy atom. The van der Waals surface area contributed by atoms with Gasteiger partial charge in [0, 0.05) is 19.4 Å². The zero-order valence-electron chi connectivity index (χ0n) is 9.51. The Morgan fingerprint density at radius 2 is 1.69 bits per heavy atom. The summed E-state index contributed by atoms with van der Waals surface area (Å²) in [5.41, 5.74) is 0. The molecule has 0 aliphatic carbocycles. The van der Waals surface area contributed by atoms with Crippen molar-refractivity contribution in [1.29, 1.82) is 0 Å². The lowest BCUT2D eigenvalue weighted by atomic mass is 10.2. The molecule has 5 heteroatoms. The van der Waals surface area contributed by atoms with Crippen molar-refractivity contribution in [3.05, 3.63) is 0 Å². The Hall–Kier alpha value is -0.330. The van der Waals surface area contributed by atoms with Gasteiger partial charge >= 0.3 is 5.97 Å². The van der Waals surface area contributed by atoms with Crippen molar-refractivity contribution in [2.75, 3.05) is 11.0 Å². The number of alkyl halides is 1. The second-order valence-corrected chi connectivity index (χ2v) is 4.78. The summed E-state index contributed by atoms with van der Waals surface area (Å²) in [6.45, 7) is 0.715. The van der Waals surface area contributed by atoms with Crippen molar-refractivity contribution in [3.63, 3.8) is 0 Å². The molecule has 0 radical (unpaired) electrons. The van der Waals surface area contributed by atoms with E-state index in [1.807, 2.05) is 0 Å². The van der Waals surface area contributed by atoms with Crippen molar-refractivity contribution in [2.45, 2.75) is 44.9 Å². The number of carbonyl (C=O) groups is 2. The van der Waals surface area contributed by atoms with Gasteiger partial charge in [-0.1, -0.05) is 35.4 Å². The number of nitrogens with one attached hydrogen (secondary N) is 1. The summed E-state index contributed by atoms with van der Waals surface area (Å²) in [5, 5.41) is 11.2. The molecule has 0 bridgehead atoms. The van der Waals surface area contributed by atoms with E-state index < -0.39 is 5.97 Å². The van der Waals surface area contributed by atoms with Gasteiger partial charge in [0.1, 0.15) is 0 Å². The molecule has 0 spiro atoms. The van der Waals surface area contributed by atoms with Gasteiger partial charge in [0.05, 0.1) is 0 Å². The van der Waals surface area contributed by atoms with E-state index in [1.54, 1.807) is 0 Å². The topological polar surface area (TPSA) is 66.4 Å². The van der Waals surface area contributed by atoms with Crippen LogP contribution in [0.4, 0.5) is 0 Å². The second-order valence-electron chi connectivity index (χ2n) is 3.70. The maximum absolute atomic E-state index is 11.2. The number of halogens is 1. The molecule has 0 aromatic rings. The molecule has 0 fully saturated rings.